The van der Waals surface area contributed by atoms with Crippen LogP contribution in [0.3, 0.4) is 0 Å². The van der Waals surface area contributed by atoms with E-state index >= 15 is 0 Å². The average Bonchev–Trinajstić information content (AvgIpc) is 1.96. The number of ketones is 1. The Bertz CT molecular complexity index is 336. The van der Waals surface area contributed by atoms with Crippen LogP contribution in [-0.2, 0) is 0 Å². The van der Waals surface area contributed by atoms with Crippen LogP contribution in [0.4, 0.5) is 0 Å². The third-order valence-electron chi connectivity index (χ3n) is 1.42. The van der Waals surface area contributed by atoms with Gasteiger partial charge in [0.2, 0.25) is 0 Å². The second-order valence-electron chi connectivity index (χ2n) is 2.34. The van der Waals surface area contributed by atoms with Gasteiger partial charge in [-0.3, -0.25) is 4.79 Å². The van der Waals surface area contributed by atoms with Crippen molar-refractivity contribution in [1.29, 1.82) is 0 Å². The van der Waals surface area contributed by atoms with E-state index in [1.54, 1.807) is 6.07 Å². The smallest absolute Gasteiger partial charge is 0.161 e. The number of benzene rings is 1. The normalized spacial score (nSPS) is 9.92. The molecule has 1 aromatic rings. The number of hydrogen-bond acceptors (Lipinski definition) is 2. The summed E-state index contributed by atoms with van der Waals surface area (Å²) in [5.41, 5.74) is 0.498. The summed E-state index contributed by atoms with van der Waals surface area (Å²) in [7, 11) is 0. The molecule has 0 heterocycles. The lowest BCUT2D eigenvalue weighted by Crippen LogP contribution is -1.95. The first-order valence-electron chi connectivity index (χ1n) is 3.21. The first kappa shape index (κ1) is 9.80. The number of halogens is 2. The van der Waals surface area contributed by atoms with E-state index in [9.17, 15) is 9.90 Å². The molecule has 0 fully saturated rings. The fourth-order valence-electron chi connectivity index (χ4n) is 0.807. The summed E-state index contributed by atoms with van der Waals surface area (Å²) in [5, 5.41) is 9.45. The van der Waals surface area contributed by atoms with E-state index in [0.717, 1.165) is 3.57 Å². The Labute approximate surface area is 88.7 Å². The number of rotatable bonds is 1. The van der Waals surface area contributed by atoms with Gasteiger partial charge in [-0.2, -0.15) is 0 Å². The number of phenolic OH excluding ortho intramolecular Hbond substituents is 1. The highest BCUT2D eigenvalue weighted by Crippen LogP contribution is 2.28. The van der Waals surface area contributed by atoms with Gasteiger partial charge in [-0.25, -0.2) is 0 Å². The van der Waals surface area contributed by atoms with E-state index in [1.807, 2.05) is 22.6 Å². The maximum Gasteiger partial charge on any atom is 0.161 e. The number of phenols is 1. The van der Waals surface area contributed by atoms with Gasteiger partial charge in [0.15, 0.2) is 5.78 Å². The molecular weight excluding hydrogens is 290 g/mol. The van der Waals surface area contributed by atoms with Gasteiger partial charge in [-0.05, 0) is 41.6 Å². The Balaban J connectivity index is 3.33. The monoisotopic (exact) mass is 296 g/mol. The minimum absolute atomic E-state index is 0.0534. The molecule has 0 saturated heterocycles. The van der Waals surface area contributed by atoms with Gasteiger partial charge < -0.3 is 5.11 Å². The van der Waals surface area contributed by atoms with Crippen LogP contribution in [0.2, 0.25) is 5.02 Å². The maximum atomic E-state index is 11.0. The Morgan fingerprint density at radius 2 is 2.17 bits per heavy atom. The van der Waals surface area contributed by atoms with E-state index in [1.165, 1.54) is 13.0 Å². The zero-order valence-corrected chi connectivity index (χ0v) is 9.18. The van der Waals surface area contributed by atoms with Crippen molar-refractivity contribution < 1.29 is 9.90 Å². The van der Waals surface area contributed by atoms with E-state index in [-0.39, 0.29) is 16.6 Å². The van der Waals surface area contributed by atoms with Crippen molar-refractivity contribution in [3.8, 4) is 5.75 Å². The fraction of sp³-hybridized carbons (Fsp3) is 0.125. The summed E-state index contributed by atoms with van der Waals surface area (Å²) >= 11 is 7.63. The molecule has 0 unspecified atom stereocenters. The fourth-order valence-corrected chi connectivity index (χ4v) is 2.00. The van der Waals surface area contributed by atoms with Crippen molar-refractivity contribution in [2.45, 2.75) is 6.92 Å². The maximum absolute atomic E-state index is 11.0. The second kappa shape index (κ2) is 3.62. The largest absolute Gasteiger partial charge is 0.506 e. The molecule has 12 heavy (non-hydrogen) atoms. The zero-order chi connectivity index (χ0) is 9.30. The standard InChI is InChI=1S/C8H6ClIO2/c1-4(11)5-2-8(12)6(9)3-7(5)10/h2-3,12H,1H3. The summed E-state index contributed by atoms with van der Waals surface area (Å²) in [6.45, 7) is 1.45. The molecule has 0 radical (unpaired) electrons. The number of Topliss-reactive ketones (excluding diaryl/α,β-unsaturated/α-hetero) is 1. The van der Waals surface area contributed by atoms with Crippen LogP contribution in [0.1, 0.15) is 17.3 Å². The van der Waals surface area contributed by atoms with Gasteiger partial charge in [0.05, 0.1) is 5.02 Å². The highest BCUT2D eigenvalue weighted by Gasteiger charge is 2.08. The van der Waals surface area contributed by atoms with Crippen molar-refractivity contribution in [3.05, 3.63) is 26.3 Å². The Hall–Kier alpha value is -0.290. The van der Waals surface area contributed by atoms with Crippen LogP contribution in [0.15, 0.2) is 12.1 Å². The molecule has 0 saturated carbocycles. The number of carbonyl (C=O) groups excluding carboxylic acids is 1. The van der Waals surface area contributed by atoms with Crippen molar-refractivity contribution in [2.75, 3.05) is 0 Å². The van der Waals surface area contributed by atoms with Gasteiger partial charge >= 0.3 is 0 Å². The molecule has 0 aliphatic rings. The van der Waals surface area contributed by atoms with Crippen LogP contribution in [0.5, 0.6) is 5.75 Å². The predicted octanol–water partition coefficient (Wildman–Crippen LogP) is 2.85. The number of carbonyl (C=O) groups is 1. The van der Waals surface area contributed by atoms with Crippen LogP contribution >= 0.6 is 34.2 Å². The minimum atomic E-state index is -0.0774. The minimum Gasteiger partial charge on any atom is -0.506 e. The summed E-state index contributed by atoms with van der Waals surface area (Å²) in [4.78, 5) is 11.0. The molecule has 1 aromatic carbocycles. The van der Waals surface area contributed by atoms with Crippen LogP contribution in [0.25, 0.3) is 0 Å². The first-order chi connectivity index (χ1) is 5.52. The van der Waals surface area contributed by atoms with Crippen LogP contribution < -0.4 is 0 Å². The molecule has 1 N–H and O–H groups in total. The molecule has 0 aromatic heterocycles. The molecule has 2 nitrogen and oxygen atoms in total. The lowest BCUT2D eigenvalue weighted by atomic mass is 10.1. The number of hydrogen-bond donors (Lipinski definition) is 1. The predicted molar refractivity (Wildman–Crippen MR) is 55.8 cm³/mol. The lowest BCUT2D eigenvalue weighted by molar-refractivity contribution is 0.101. The second-order valence-corrected chi connectivity index (χ2v) is 3.91. The van der Waals surface area contributed by atoms with Gasteiger partial charge in [0, 0.05) is 9.13 Å². The van der Waals surface area contributed by atoms with Gasteiger partial charge in [-0.1, -0.05) is 11.6 Å². The van der Waals surface area contributed by atoms with Crippen molar-refractivity contribution in [3.63, 3.8) is 0 Å². The molecule has 0 aliphatic heterocycles. The van der Waals surface area contributed by atoms with E-state index in [4.69, 9.17) is 11.6 Å². The van der Waals surface area contributed by atoms with Gasteiger partial charge in [0.25, 0.3) is 0 Å². The Morgan fingerprint density at radius 1 is 1.58 bits per heavy atom. The molecule has 1 rings (SSSR count). The van der Waals surface area contributed by atoms with E-state index < -0.39 is 0 Å². The summed E-state index contributed by atoms with van der Waals surface area (Å²) in [5.74, 6) is -0.131. The summed E-state index contributed by atoms with van der Waals surface area (Å²) in [6, 6.07) is 2.95. The Morgan fingerprint density at radius 3 is 2.67 bits per heavy atom. The number of aromatic hydroxyl groups is 1. The molecule has 0 amide bonds. The van der Waals surface area contributed by atoms with Crippen molar-refractivity contribution in [1.82, 2.24) is 0 Å². The van der Waals surface area contributed by atoms with E-state index in [2.05, 4.69) is 0 Å². The quantitative estimate of drug-likeness (QED) is 0.639. The third kappa shape index (κ3) is 1.90. The van der Waals surface area contributed by atoms with Gasteiger partial charge in [-0.15, -0.1) is 0 Å². The van der Waals surface area contributed by atoms with E-state index in [0.29, 0.717) is 5.56 Å². The summed E-state index contributed by atoms with van der Waals surface area (Å²) < 4.78 is 0.753. The molecule has 0 aliphatic carbocycles. The molecular formula is C8H6ClIO2. The van der Waals surface area contributed by atoms with Crippen molar-refractivity contribution in [2.24, 2.45) is 0 Å². The first-order valence-corrected chi connectivity index (χ1v) is 4.67. The zero-order valence-electron chi connectivity index (χ0n) is 6.27. The molecule has 4 heteroatoms. The van der Waals surface area contributed by atoms with Crippen LogP contribution in [-0.4, -0.2) is 10.9 Å². The van der Waals surface area contributed by atoms with Crippen molar-refractivity contribution >= 4 is 40.0 Å². The molecule has 0 bridgehead atoms. The molecule has 0 atom stereocenters. The highest BCUT2D eigenvalue weighted by molar-refractivity contribution is 14.1. The SMILES string of the molecule is CC(=O)c1cc(O)c(Cl)cc1I. The topological polar surface area (TPSA) is 37.3 Å². The summed E-state index contributed by atoms with van der Waals surface area (Å²) in [6.07, 6.45) is 0. The Kier molecular flexibility index (Phi) is 2.95. The average molecular weight is 296 g/mol. The molecule has 64 valence electrons. The van der Waals surface area contributed by atoms with Gasteiger partial charge in [0.1, 0.15) is 5.75 Å². The third-order valence-corrected chi connectivity index (χ3v) is 2.61. The molecule has 0 spiro atoms. The lowest BCUT2D eigenvalue weighted by Gasteiger charge is -2.02. The highest BCUT2D eigenvalue weighted by atomic mass is 127. The van der Waals surface area contributed by atoms with Crippen LogP contribution in [0, 0.1) is 3.57 Å².